The summed E-state index contributed by atoms with van der Waals surface area (Å²) in [4.78, 5) is 36.6. The van der Waals surface area contributed by atoms with Crippen LogP contribution >= 0.6 is 0 Å². The molecule has 1 aliphatic rings. The molecule has 0 spiro atoms. The Bertz CT molecular complexity index is 708. The number of hydrazine groups is 1. The smallest absolute Gasteiger partial charge is 0.344 e. The van der Waals surface area contributed by atoms with E-state index in [4.69, 9.17) is 4.74 Å². The lowest BCUT2D eigenvalue weighted by molar-refractivity contribution is -0.141. The normalized spacial score (nSPS) is 21.4. The molecule has 2 rings (SSSR count). The molecule has 1 saturated heterocycles. The number of ether oxygens (including phenoxy) is 1. The van der Waals surface area contributed by atoms with Crippen molar-refractivity contribution in [2.75, 3.05) is 0 Å². The number of amides is 4. The van der Waals surface area contributed by atoms with E-state index in [0.717, 1.165) is 5.56 Å². The maximum atomic E-state index is 12.3. The van der Waals surface area contributed by atoms with Gasteiger partial charge < -0.3 is 10.1 Å². The van der Waals surface area contributed by atoms with Crippen molar-refractivity contribution in [3.8, 4) is 5.75 Å². The van der Waals surface area contributed by atoms with Gasteiger partial charge in [-0.1, -0.05) is 39.8 Å². The molecule has 1 aliphatic heterocycles. The van der Waals surface area contributed by atoms with E-state index >= 15 is 0 Å². The van der Waals surface area contributed by atoms with Crippen LogP contribution in [0.2, 0.25) is 0 Å². The van der Waals surface area contributed by atoms with Crippen LogP contribution < -0.4 is 15.5 Å². The first-order chi connectivity index (χ1) is 12.0. The van der Waals surface area contributed by atoms with E-state index in [0.29, 0.717) is 17.2 Å². The molecular formula is C19H27N3O4. The number of carbonyl (C=O) groups is 3. The summed E-state index contributed by atoms with van der Waals surface area (Å²) in [5, 5.41) is 3.29. The summed E-state index contributed by atoms with van der Waals surface area (Å²) in [5.74, 6) is -0.523. The Balaban J connectivity index is 2.00. The highest BCUT2D eigenvalue weighted by atomic mass is 16.5. The van der Waals surface area contributed by atoms with Crippen LogP contribution in [-0.4, -0.2) is 34.5 Å². The van der Waals surface area contributed by atoms with Crippen molar-refractivity contribution in [2.45, 2.75) is 65.0 Å². The molecule has 0 saturated carbocycles. The molecule has 142 valence electrons. The van der Waals surface area contributed by atoms with Crippen LogP contribution in [0.25, 0.3) is 0 Å². The number of benzene rings is 1. The highest BCUT2D eigenvalue weighted by Gasteiger charge is 2.47. The number of carbonyl (C=O) groups excluding carboxylic acids is 3. The SMILES string of the molecule is CC[C@]1(C)NC(=O)N(NC(=O)[C@@H](C)Oc2ccc(C(C)(C)C)cc2)C1=O. The van der Waals surface area contributed by atoms with Gasteiger partial charge in [0.1, 0.15) is 11.3 Å². The molecule has 0 aliphatic carbocycles. The van der Waals surface area contributed by atoms with E-state index in [9.17, 15) is 14.4 Å². The van der Waals surface area contributed by atoms with Gasteiger partial charge in [-0.2, -0.15) is 5.01 Å². The van der Waals surface area contributed by atoms with Gasteiger partial charge in [0.15, 0.2) is 6.10 Å². The van der Waals surface area contributed by atoms with Crippen LogP contribution in [0.3, 0.4) is 0 Å². The van der Waals surface area contributed by atoms with E-state index in [1.165, 1.54) is 0 Å². The Labute approximate surface area is 154 Å². The minimum atomic E-state index is -1.00. The van der Waals surface area contributed by atoms with Gasteiger partial charge >= 0.3 is 6.03 Å². The molecule has 2 N–H and O–H groups in total. The monoisotopic (exact) mass is 361 g/mol. The Morgan fingerprint density at radius 2 is 1.85 bits per heavy atom. The van der Waals surface area contributed by atoms with Crippen LogP contribution in [0, 0.1) is 0 Å². The molecule has 0 unspecified atom stereocenters. The van der Waals surface area contributed by atoms with Crippen LogP contribution in [0.1, 0.15) is 53.5 Å². The van der Waals surface area contributed by atoms with Gasteiger partial charge in [-0.05, 0) is 43.4 Å². The fraction of sp³-hybridized carbons (Fsp3) is 0.526. The third-order valence-electron chi connectivity index (χ3n) is 4.59. The van der Waals surface area contributed by atoms with Crippen LogP contribution in [0.4, 0.5) is 4.79 Å². The predicted octanol–water partition coefficient (Wildman–Crippen LogP) is 2.50. The number of nitrogens with zero attached hydrogens (tertiary/aromatic N) is 1. The molecule has 7 heteroatoms. The second-order valence-electron chi connectivity index (χ2n) is 7.77. The fourth-order valence-electron chi connectivity index (χ4n) is 2.52. The first kappa shape index (κ1) is 19.8. The first-order valence-corrected chi connectivity index (χ1v) is 8.72. The lowest BCUT2D eigenvalue weighted by atomic mass is 9.87. The summed E-state index contributed by atoms with van der Waals surface area (Å²) < 4.78 is 5.62. The van der Waals surface area contributed by atoms with Gasteiger partial charge in [0.05, 0.1) is 0 Å². The minimum Gasteiger partial charge on any atom is -0.481 e. The number of nitrogens with one attached hydrogen (secondary N) is 2. The van der Waals surface area contributed by atoms with Crippen molar-refractivity contribution < 1.29 is 19.1 Å². The zero-order chi connectivity index (χ0) is 19.7. The standard InChI is InChI=1S/C19H27N3O4/c1-7-19(6)16(24)22(17(25)20-19)21-15(23)12(2)26-14-10-8-13(9-11-14)18(3,4)5/h8-12H,7H2,1-6H3,(H,20,25)(H,21,23)/t12-,19+/m1/s1. The molecule has 1 fully saturated rings. The number of rotatable bonds is 5. The molecular weight excluding hydrogens is 334 g/mol. The third kappa shape index (κ3) is 3.98. The Morgan fingerprint density at radius 1 is 1.27 bits per heavy atom. The van der Waals surface area contributed by atoms with Gasteiger partial charge in [-0.3, -0.25) is 15.0 Å². The van der Waals surface area contributed by atoms with Gasteiger partial charge in [0.25, 0.3) is 11.8 Å². The minimum absolute atomic E-state index is 0.0247. The van der Waals surface area contributed by atoms with Crippen LogP contribution in [0.5, 0.6) is 5.75 Å². The molecule has 1 aromatic rings. The van der Waals surface area contributed by atoms with Gasteiger partial charge in [-0.25, -0.2) is 4.79 Å². The molecule has 2 atom stereocenters. The zero-order valence-electron chi connectivity index (χ0n) is 16.2. The molecule has 1 heterocycles. The van der Waals surface area contributed by atoms with E-state index in [-0.39, 0.29) is 5.41 Å². The van der Waals surface area contributed by atoms with Crippen molar-refractivity contribution in [1.29, 1.82) is 0 Å². The lowest BCUT2D eigenvalue weighted by Crippen LogP contribution is -2.51. The second-order valence-corrected chi connectivity index (χ2v) is 7.77. The molecule has 7 nitrogen and oxygen atoms in total. The van der Waals surface area contributed by atoms with Crippen molar-refractivity contribution >= 4 is 17.8 Å². The Hall–Kier alpha value is -2.57. The summed E-state index contributed by atoms with van der Waals surface area (Å²) in [6, 6.07) is 6.85. The Morgan fingerprint density at radius 3 is 2.31 bits per heavy atom. The summed E-state index contributed by atoms with van der Waals surface area (Å²) in [7, 11) is 0. The fourth-order valence-corrected chi connectivity index (χ4v) is 2.52. The van der Waals surface area contributed by atoms with E-state index in [2.05, 4.69) is 31.5 Å². The molecule has 0 aromatic heterocycles. The van der Waals surface area contributed by atoms with Crippen LogP contribution in [-0.2, 0) is 15.0 Å². The molecule has 4 amide bonds. The predicted molar refractivity (Wildman–Crippen MR) is 97.4 cm³/mol. The van der Waals surface area contributed by atoms with Gasteiger partial charge in [-0.15, -0.1) is 0 Å². The van der Waals surface area contributed by atoms with Crippen molar-refractivity contribution in [2.24, 2.45) is 0 Å². The Kier molecular flexibility index (Phi) is 5.30. The summed E-state index contributed by atoms with van der Waals surface area (Å²) in [5.41, 5.74) is 2.51. The number of urea groups is 1. The van der Waals surface area contributed by atoms with Crippen molar-refractivity contribution in [1.82, 2.24) is 15.8 Å². The summed E-state index contributed by atoms with van der Waals surface area (Å²) >= 11 is 0. The molecule has 1 aromatic carbocycles. The molecule has 0 bridgehead atoms. The lowest BCUT2D eigenvalue weighted by Gasteiger charge is -2.22. The number of hydrogen-bond acceptors (Lipinski definition) is 4. The van der Waals surface area contributed by atoms with E-state index < -0.39 is 29.5 Å². The number of imide groups is 1. The third-order valence-corrected chi connectivity index (χ3v) is 4.59. The largest absolute Gasteiger partial charge is 0.481 e. The molecule has 0 radical (unpaired) electrons. The van der Waals surface area contributed by atoms with Crippen LogP contribution in [0.15, 0.2) is 24.3 Å². The van der Waals surface area contributed by atoms with Crippen molar-refractivity contribution in [3.63, 3.8) is 0 Å². The number of hydrogen-bond donors (Lipinski definition) is 2. The maximum absolute atomic E-state index is 12.3. The van der Waals surface area contributed by atoms with E-state index in [1.807, 2.05) is 12.1 Å². The average Bonchev–Trinajstić information content (AvgIpc) is 2.78. The zero-order valence-corrected chi connectivity index (χ0v) is 16.2. The quantitative estimate of drug-likeness (QED) is 0.789. The van der Waals surface area contributed by atoms with Crippen molar-refractivity contribution in [3.05, 3.63) is 29.8 Å². The van der Waals surface area contributed by atoms with Gasteiger partial charge in [0.2, 0.25) is 0 Å². The van der Waals surface area contributed by atoms with Gasteiger partial charge in [0, 0.05) is 0 Å². The van der Waals surface area contributed by atoms with E-state index in [1.54, 1.807) is 32.9 Å². The average molecular weight is 361 g/mol. The maximum Gasteiger partial charge on any atom is 0.344 e. The molecule has 26 heavy (non-hydrogen) atoms. The highest BCUT2D eigenvalue weighted by molar-refractivity contribution is 6.07. The topological polar surface area (TPSA) is 87.7 Å². The highest BCUT2D eigenvalue weighted by Crippen LogP contribution is 2.25. The second kappa shape index (κ2) is 6.97. The summed E-state index contributed by atoms with van der Waals surface area (Å²) in [6.45, 7) is 11.3. The summed E-state index contributed by atoms with van der Waals surface area (Å²) in [6.07, 6.45) is -0.444. The first-order valence-electron chi connectivity index (χ1n) is 8.72.